The molecule has 4 aromatic rings. The van der Waals surface area contributed by atoms with Crippen LogP contribution in [0.4, 0.5) is 13.2 Å². The van der Waals surface area contributed by atoms with E-state index in [2.05, 4.69) is 20.0 Å². The molecule has 148 valence electrons. The lowest BCUT2D eigenvalue weighted by Gasteiger charge is -2.08. The molecule has 0 aliphatic heterocycles. The summed E-state index contributed by atoms with van der Waals surface area (Å²) in [6.45, 7) is 2.53. The summed E-state index contributed by atoms with van der Waals surface area (Å²) in [5.74, 6) is 0.152. The number of aromatic nitrogens is 4. The maximum Gasteiger partial charge on any atom is 0.573 e. The number of benzene rings is 2. The Morgan fingerprint density at radius 2 is 1.76 bits per heavy atom. The molecule has 2 aromatic carbocycles. The van der Waals surface area contributed by atoms with E-state index < -0.39 is 6.36 Å². The molecule has 0 amide bonds. The lowest BCUT2D eigenvalue weighted by atomic mass is 10.2. The number of hydrogen-bond acceptors (Lipinski definition) is 5. The number of alkyl halides is 3. The van der Waals surface area contributed by atoms with Gasteiger partial charge >= 0.3 is 6.36 Å². The van der Waals surface area contributed by atoms with Crippen molar-refractivity contribution in [2.45, 2.75) is 19.8 Å². The van der Waals surface area contributed by atoms with Crippen LogP contribution in [0.2, 0.25) is 0 Å². The van der Waals surface area contributed by atoms with Crippen molar-refractivity contribution in [2.24, 2.45) is 0 Å². The van der Waals surface area contributed by atoms with Crippen LogP contribution >= 0.6 is 0 Å². The van der Waals surface area contributed by atoms with Gasteiger partial charge in [-0.05, 0) is 42.8 Å². The second-order valence-electron chi connectivity index (χ2n) is 6.31. The minimum atomic E-state index is -4.74. The molecule has 0 radical (unpaired) electrons. The van der Waals surface area contributed by atoms with Crippen LogP contribution in [0.3, 0.4) is 0 Å². The van der Waals surface area contributed by atoms with Crippen molar-refractivity contribution in [3.63, 3.8) is 0 Å². The zero-order valence-corrected chi connectivity index (χ0v) is 15.2. The van der Waals surface area contributed by atoms with Crippen molar-refractivity contribution < 1.29 is 22.4 Å². The Morgan fingerprint density at radius 3 is 2.45 bits per heavy atom. The topological polar surface area (TPSA) is 66.0 Å². The molecule has 4 rings (SSSR count). The highest BCUT2D eigenvalue weighted by Crippen LogP contribution is 2.27. The summed E-state index contributed by atoms with van der Waals surface area (Å²) in [6, 6.07) is 17.0. The number of hydrogen-bond donors (Lipinski definition) is 0. The van der Waals surface area contributed by atoms with E-state index in [0.29, 0.717) is 17.8 Å². The fourth-order valence-corrected chi connectivity index (χ4v) is 2.78. The van der Waals surface area contributed by atoms with E-state index in [0.717, 1.165) is 11.3 Å². The highest BCUT2D eigenvalue weighted by atomic mass is 19.4. The standard InChI is InChI=1S/C20H15F3N4O2/c1-13-11-17(25-27(13)12-14-5-3-2-4-6-14)19-24-18(26-29-19)15-7-9-16(10-8-15)28-20(21,22)23/h2-11H,12H2,1H3. The first-order valence-corrected chi connectivity index (χ1v) is 8.66. The molecule has 0 bridgehead atoms. The van der Waals surface area contributed by atoms with Gasteiger partial charge in [-0.25, -0.2) is 0 Å². The minimum absolute atomic E-state index is 0.227. The van der Waals surface area contributed by atoms with Crippen LogP contribution in [0.1, 0.15) is 11.3 Å². The largest absolute Gasteiger partial charge is 0.573 e. The molecule has 0 saturated carbocycles. The average Bonchev–Trinajstić information content (AvgIpc) is 3.30. The molecule has 2 aromatic heterocycles. The van der Waals surface area contributed by atoms with Crippen LogP contribution in [0.5, 0.6) is 5.75 Å². The monoisotopic (exact) mass is 400 g/mol. The van der Waals surface area contributed by atoms with Gasteiger partial charge in [0.05, 0.1) is 6.54 Å². The first-order valence-electron chi connectivity index (χ1n) is 8.66. The third kappa shape index (κ3) is 4.45. The number of aryl methyl sites for hydroxylation is 1. The van der Waals surface area contributed by atoms with Crippen molar-refractivity contribution in [2.75, 3.05) is 0 Å². The van der Waals surface area contributed by atoms with Gasteiger partial charge in [-0.1, -0.05) is 35.5 Å². The van der Waals surface area contributed by atoms with Gasteiger partial charge in [-0.3, -0.25) is 4.68 Å². The van der Waals surface area contributed by atoms with E-state index in [1.165, 1.54) is 24.3 Å². The predicted octanol–water partition coefficient (Wildman–Crippen LogP) is 4.86. The maximum atomic E-state index is 12.3. The van der Waals surface area contributed by atoms with Gasteiger partial charge < -0.3 is 9.26 Å². The summed E-state index contributed by atoms with van der Waals surface area (Å²) >= 11 is 0. The Balaban J connectivity index is 1.53. The van der Waals surface area contributed by atoms with Crippen LogP contribution in [-0.4, -0.2) is 26.3 Å². The van der Waals surface area contributed by atoms with Gasteiger partial charge in [0.25, 0.3) is 5.89 Å². The van der Waals surface area contributed by atoms with Gasteiger partial charge in [-0.15, -0.1) is 13.2 Å². The van der Waals surface area contributed by atoms with Crippen LogP contribution in [-0.2, 0) is 6.54 Å². The van der Waals surface area contributed by atoms with Gasteiger partial charge in [0.1, 0.15) is 5.75 Å². The minimum Gasteiger partial charge on any atom is -0.406 e. The third-order valence-electron chi connectivity index (χ3n) is 4.15. The van der Waals surface area contributed by atoms with Crippen molar-refractivity contribution in [1.82, 2.24) is 19.9 Å². The summed E-state index contributed by atoms with van der Waals surface area (Å²) in [7, 11) is 0. The molecule has 29 heavy (non-hydrogen) atoms. The van der Waals surface area contributed by atoms with E-state index in [1.807, 2.05) is 48.0 Å². The fourth-order valence-electron chi connectivity index (χ4n) is 2.78. The molecule has 0 N–H and O–H groups in total. The van der Waals surface area contributed by atoms with E-state index >= 15 is 0 Å². The highest BCUT2D eigenvalue weighted by molar-refractivity contribution is 5.58. The predicted molar refractivity (Wildman–Crippen MR) is 97.9 cm³/mol. The van der Waals surface area contributed by atoms with Crippen molar-refractivity contribution >= 4 is 0 Å². The normalized spacial score (nSPS) is 11.6. The van der Waals surface area contributed by atoms with Crippen molar-refractivity contribution in [1.29, 1.82) is 0 Å². The number of ether oxygens (including phenoxy) is 1. The second kappa shape index (κ2) is 7.42. The Morgan fingerprint density at radius 1 is 1.03 bits per heavy atom. The molecule has 0 aliphatic rings. The third-order valence-corrected chi connectivity index (χ3v) is 4.15. The van der Waals surface area contributed by atoms with Gasteiger partial charge in [0.2, 0.25) is 5.82 Å². The Labute approximate surface area is 163 Å². The molecular formula is C20H15F3N4O2. The molecule has 0 atom stereocenters. The summed E-state index contributed by atoms with van der Waals surface area (Å²) in [4.78, 5) is 4.30. The molecule has 9 heteroatoms. The quantitative estimate of drug-likeness (QED) is 0.479. The van der Waals surface area contributed by atoms with E-state index in [4.69, 9.17) is 4.52 Å². The molecule has 2 heterocycles. The fraction of sp³-hybridized carbons (Fsp3) is 0.150. The van der Waals surface area contributed by atoms with E-state index in [9.17, 15) is 13.2 Å². The highest BCUT2D eigenvalue weighted by Gasteiger charge is 2.31. The number of halogens is 3. The smallest absolute Gasteiger partial charge is 0.406 e. The van der Waals surface area contributed by atoms with Crippen molar-refractivity contribution in [3.8, 4) is 28.7 Å². The lowest BCUT2D eigenvalue weighted by Crippen LogP contribution is -2.16. The van der Waals surface area contributed by atoms with Crippen LogP contribution in [0, 0.1) is 6.92 Å². The molecule has 0 unspecified atom stereocenters. The van der Waals surface area contributed by atoms with Crippen LogP contribution in [0.15, 0.2) is 65.2 Å². The lowest BCUT2D eigenvalue weighted by molar-refractivity contribution is -0.274. The SMILES string of the molecule is Cc1cc(-c2nc(-c3ccc(OC(F)(F)F)cc3)no2)nn1Cc1ccccc1. The van der Waals surface area contributed by atoms with Gasteiger partial charge in [0, 0.05) is 11.3 Å². The molecule has 0 fully saturated rings. The molecule has 0 spiro atoms. The van der Waals surface area contributed by atoms with E-state index in [-0.39, 0.29) is 17.5 Å². The van der Waals surface area contributed by atoms with Gasteiger partial charge in [-0.2, -0.15) is 10.1 Å². The van der Waals surface area contributed by atoms with Crippen molar-refractivity contribution in [3.05, 3.63) is 71.9 Å². The zero-order chi connectivity index (χ0) is 20.4. The Kier molecular flexibility index (Phi) is 4.79. The maximum absolute atomic E-state index is 12.3. The van der Waals surface area contributed by atoms with Crippen LogP contribution in [0.25, 0.3) is 23.0 Å². The zero-order valence-electron chi connectivity index (χ0n) is 15.2. The summed E-state index contributed by atoms with van der Waals surface area (Å²) in [5, 5.41) is 8.40. The average molecular weight is 400 g/mol. The summed E-state index contributed by atoms with van der Waals surface area (Å²) in [5.41, 5.74) is 3.05. The summed E-state index contributed by atoms with van der Waals surface area (Å²) < 4.78 is 47.7. The first-order chi connectivity index (χ1) is 13.9. The molecule has 0 aliphatic carbocycles. The molecular weight excluding hydrogens is 385 g/mol. The summed E-state index contributed by atoms with van der Waals surface area (Å²) in [6.07, 6.45) is -4.74. The Hall–Kier alpha value is -3.62. The Bertz CT molecular complexity index is 1100. The molecule has 6 nitrogen and oxygen atoms in total. The first kappa shape index (κ1) is 18.7. The second-order valence-corrected chi connectivity index (χ2v) is 6.31. The molecule has 0 saturated heterocycles. The number of nitrogens with zero attached hydrogens (tertiary/aromatic N) is 4. The van der Waals surface area contributed by atoms with Crippen LogP contribution < -0.4 is 4.74 Å². The van der Waals surface area contributed by atoms with Gasteiger partial charge in [0.15, 0.2) is 5.69 Å². The number of rotatable bonds is 5. The van der Waals surface area contributed by atoms with E-state index in [1.54, 1.807) is 0 Å².